The lowest BCUT2D eigenvalue weighted by Crippen LogP contribution is -2.24. The van der Waals surface area contributed by atoms with Gasteiger partial charge in [0.05, 0.1) is 23.2 Å². The lowest BCUT2D eigenvalue weighted by atomic mass is 10.0. The molecule has 0 spiro atoms. The molecule has 0 fully saturated rings. The van der Waals surface area contributed by atoms with Crippen molar-refractivity contribution in [3.8, 4) is 0 Å². The van der Waals surface area contributed by atoms with Gasteiger partial charge in [-0.2, -0.15) is 0 Å². The van der Waals surface area contributed by atoms with Gasteiger partial charge in [0.15, 0.2) is 0 Å². The van der Waals surface area contributed by atoms with Crippen LogP contribution in [0, 0.1) is 5.82 Å². The Labute approximate surface area is 200 Å². The maximum Gasteiger partial charge on any atom is 0.340 e. The molecule has 0 atom stereocenters. The molecule has 2 N–H and O–H groups in total. The Hall–Kier alpha value is -3.39. The predicted octanol–water partition coefficient (Wildman–Crippen LogP) is 5.68. The molecule has 3 aromatic carbocycles. The summed E-state index contributed by atoms with van der Waals surface area (Å²) in [6, 6.07) is 18.5. The molecule has 6 nitrogen and oxygen atoms in total. The van der Waals surface area contributed by atoms with E-state index in [1.54, 1.807) is 51.1 Å². The maximum absolute atomic E-state index is 13.3. The van der Waals surface area contributed by atoms with Gasteiger partial charge in [0.25, 0.3) is 0 Å². The Bertz CT molecular complexity index is 1270. The van der Waals surface area contributed by atoms with E-state index in [4.69, 9.17) is 4.74 Å². The van der Waals surface area contributed by atoms with Crippen LogP contribution in [-0.2, 0) is 27.6 Å². The normalized spacial score (nSPS) is 11.7. The molecule has 0 aliphatic heterocycles. The van der Waals surface area contributed by atoms with Crippen molar-refractivity contribution in [3.63, 3.8) is 0 Å². The Morgan fingerprint density at radius 3 is 2.26 bits per heavy atom. The summed E-state index contributed by atoms with van der Waals surface area (Å²) in [4.78, 5) is 12.8. The summed E-state index contributed by atoms with van der Waals surface area (Å²) >= 11 is 0. The second-order valence-electron chi connectivity index (χ2n) is 9.05. The van der Waals surface area contributed by atoms with Crippen molar-refractivity contribution in [3.05, 3.63) is 89.2 Å². The van der Waals surface area contributed by atoms with Crippen LogP contribution in [0.15, 0.2) is 66.7 Å². The molecule has 180 valence electrons. The van der Waals surface area contributed by atoms with Crippen molar-refractivity contribution in [2.45, 2.75) is 39.2 Å². The van der Waals surface area contributed by atoms with Gasteiger partial charge in [-0.05, 0) is 87.2 Å². The monoisotopic (exact) mass is 484 g/mol. The first-order valence-electron chi connectivity index (χ1n) is 10.8. The van der Waals surface area contributed by atoms with Gasteiger partial charge in [-0.15, -0.1) is 0 Å². The standard InChI is InChI=1S/C26H29FN2O4S/c1-26(2,3)33-25(30)22-16-10-18(17-24(22)28-21-14-12-20(27)13-15-21)9-11-19-7-5-6-8-23(19)29-34(4,31)32/h5-8,10,12-17,28-29H,9,11H2,1-4H3. The zero-order valence-electron chi connectivity index (χ0n) is 19.7. The number of nitrogens with one attached hydrogen (secondary N) is 2. The lowest BCUT2D eigenvalue weighted by Gasteiger charge is -2.21. The summed E-state index contributed by atoms with van der Waals surface area (Å²) in [6.07, 6.45) is 2.31. The highest BCUT2D eigenvalue weighted by Gasteiger charge is 2.21. The first-order valence-corrected chi connectivity index (χ1v) is 12.7. The van der Waals surface area contributed by atoms with Crippen LogP contribution in [0.5, 0.6) is 0 Å². The van der Waals surface area contributed by atoms with E-state index in [1.165, 1.54) is 12.1 Å². The highest BCUT2D eigenvalue weighted by atomic mass is 32.2. The molecule has 8 heteroatoms. The molecule has 0 amide bonds. The van der Waals surface area contributed by atoms with Crippen LogP contribution < -0.4 is 10.0 Å². The minimum Gasteiger partial charge on any atom is -0.456 e. The third-order valence-corrected chi connectivity index (χ3v) is 5.41. The number of para-hydroxylation sites is 1. The number of anilines is 3. The zero-order chi connectivity index (χ0) is 24.9. The van der Waals surface area contributed by atoms with Crippen molar-refractivity contribution in [2.24, 2.45) is 0 Å². The molecule has 0 bridgehead atoms. The number of ether oxygens (including phenoxy) is 1. The average Bonchev–Trinajstić information content (AvgIpc) is 2.72. The van der Waals surface area contributed by atoms with E-state index in [-0.39, 0.29) is 5.82 Å². The van der Waals surface area contributed by atoms with Gasteiger partial charge in [-0.1, -0.05) is 24.3 Å². The van der Waals surface area contributed by atoms with Crippen molar-refractivity contribution < 1.29 is 22.3 Å². The minimum absolute atomic E-state index is 0.354. The number of hydrogen-bond donors (Lipinski definition) is 2. The van der Waals surface area contributed by atoms with Crippen LogP contribution in [0.1, 0.15) is 42.3 Å². The van der Waals surface area contributed by atoms with Gasteiger partial charge >= 0.3 is 5.97 Å². The van der Waals surface area contributed by atoms with Gasteiger partial charge in [0, 0.05) is 5.69 Å². The van der Waals surface area contributed by atoms with E-state index in [9.17, 15) is 17.6 Å². The molecule has 0 saturated heterocycles. The highest BCUT2D eigenvalue weighted by molar-refractivity contribution is 7.92. The van der Waals surface area contributed by atoms with Crippen LogP contribution >= 0.6 is 0 Å². The summed E-state index contributed by atoms with van der Waals surface area (Å²) in [7, 11) is -3.40. The number of sulfonamides is 1. The molecule has 0 aliphatic rings. The third kappa shape index (κ3) is 7.59. The molecule has 0 aromatic heterocycles. The maximum atomic E-state index is 13.3. The smallest absolute Gasteiger partial charge is 0.340 e. The number of rotatable bonds is 8. The number of hydrogen-bond acceptors (Lipinski definition) is 5. The van der Waals surface area contributed by atoms with Crippen LogP contribution in [0.3, 0.4) is 0 Å². The summed E-state index contributed by atoms with van der Waals surface area (Å²) in [6.45, 7) is 5.40. The van der Waals surface area contributed by atoms with E-state index in [0.717, 1.165) is 17.4 Å². The molecular weight excluding hydrogens is 455 g/mol. The van der Waals surface area contributed by atoms with E-state index in [0.29, 0.717) is 35.5 Å². The average molecular weight is 485 g/mol. The van der Waals surface area contributed by atoms with Crippen LogP contribution in [0.4, 0.5) is 21.5 Å². The Balaban J connectivity index is 1.88. The van der Waals surface area contributed by atoms with Gasteiger partial charge in [0.1, 0.15) is 11.4 Å². The summed E-state index contributed by atoms with van der Waals surface area (Å²) in [5.74, 6) is -0.820. The van der Waals surface area contributed by atoms with Crippen molar-refractivity contribution in [1.82, 2.24) is 0 Å². The fourth-order valence-electron chi connectivity index (χ4n) is 3.37. The number of halogens is 1. The summed E-state index contributed by atoms with van der Waals surface area (Å²) < 4.78 is 44.8. The van der Waals surface area contributed by atoms with E-state index in [1.807, 2.05) is 24.3 Å². The summed E-state index contributed by atoms with van der Waals surface area (Å²) in [5.41, 5.74) is 3.22. The van der Waals surface area contributed by atoms with Crippen molar-refractivity contribution in [1.29, 1.82) is 0 Å². The van der Waals surface area contributed by atoms with E-state index < -0.39 is 21.6 Å². The third-order valence-electron chi connectivity index (χ3n) is 4.82. The molecule has 0 unspecified atom stereocenters. The zero-order valence-corrected chi connectivity index (χ0v) is 20.5. The second kappa shape index (κ2) is 10.3. The number of benzene rings is 3. The quantitative estimate of drug-likeness (QED) is 0.402. The lowest BCUT2D eigenvalue weighted by molar-refractivity contribution is 0.00707. The molecule has 0 heterocycles. The Morgan fingerprint density at radius 1 is 0.941 bits per heavy atom. The van der Waals surface area contributed by atoms with Gasteiger partial charge in [-0.25, -0.2) is 17.6 Å². The highest BCUT2D eigenvalue weighted by Crippen LogP contribution is 2.27. The topological polar surface area (TPSA) is 84.5 Å². The largest absolute Gasteiger partial charge is 0.456 e. The molecule has 3 aromatic rings. The SMILES string of the molecule is CC(C)(C)OC(=O)c1ccc(CCc2ccccc2NS(C)(=O)=O)cc1Nc1ccc(F)cc1. The van der Waals surface area contributed by atoms with Crippen molar-refractivity contribution in [2.75, 3.05) is 16.3 Å². The molecular formula is C26H29FN2O4S. The fourth-order valence-corrected chi connectivity index (χ4v) is 3.97. The first kappa shape index (κ1) is 25.2. The summed E-state index contributed by atoms with van der Waals surface area (Å²) in [5, 5.41) is 3.19. The molecule has 34 heavy (non-hydrogen) atoms. The van der Waals surface area contributed by atoms with Gasteiger partial charge in [0.2, 0.25) is 10.0 Å². The molecule has 0 saturated carbocycles. The molecule has 0 aliphatic carbocycles. The number of esters is 1. The second-order valence-corrected chi connectivity index (χ2v) is 10.8. The Kier molecular flexibility index (Phi) is 7.61. The van der Waals surface area contributed by atoms with Crippen LogP contribution in [0.25, 0.3) is 0 Å². The molecule has 0 radical (unpaired) electrons. The molecule has 3 rings (SSSR count). The minimum atomic E-state index is -3.40. The van der Waals surface area contributed by atoms with Gasteiger partial charge in [-0.3, -0.25) is 4.72 Å². The number of carbonyl (C=O) groups excluding carboxylic acids is 1. The predicted molar refractivity (Wildman–Crippen MR) is 134 cm³/mol. The first-order chi connectivity index (χ1) is 15.9. The van der Waals surface area contributed by atoms with E-state index >= 15 is 0 Å². The number of carbonyl (C=O) groups is 1. The van der Waals surface area contributed by atoms with Crippen LogP contribution in [-0.4, -0.2) is 26.2 Å². The van der Waals surface area contributed by atoms with Crippen molar-refractivity contribution >= 4 is 33.1 Å². The van der Waals surface area contributed by atoms with Crippen LogP contribution in [0.2, 0.25) is 0 Å². The Morgan fingerprint density at radius 2 is 1.62 bits per heavy atom. The fraction of sp³-hybridized carbons (Fsp3) is 0.269. The number of aryl methyl sites for hydroxylation is 2. The van der Waals surface area contributed by atoms with E-state index in [2.05, 4.69) is 10.0 Å². The van der Waals surface area contributed by atoms with Gasteiger partial charge < -0.3 is 10.1 Å².